The van der Waals surface area contributed by atoms with E-state index in [-0.39, 0.29) is 11.3 Å². The predicted molar refractivity (Wildman–Crippen MR) is 141 cm³/mol. The van der Waals surface area contributed by atoms with Gasteiger partial charge in [-0.1, -0.05) is 35.9 Å². The van der Waals surface area contributed by atoms with Crippen molar-refractivity contribution in [3.05, 3.63) is 64.7 Å². The molecule has 2 aromatic carbocycles. The number of aliphatic hydroxyl groups excluding tert-OH is 1. The maximum absolute atomic E-state index is 13.3. The van der Waals surface area contributed by atoms with Crippen molar-refractivity contribution < 1.29 is 28.9 Å². The van der Waals surface area contributed by atoms with Crippen molar-refractivity contribution in [1.29, 1.82) is 0 Å². The van der Waals surface area contributed by atoms with Crippen LogP contribution in [0, 0.1) is 6.92 Å². The summed E-state index contributed by atoms with van der Waals surface area (Å²) in [4.78, 5) is 30.5. The number of likely N-dealkylation sites (tertiary alicyclic amines) is 1. The van der Waals surface area contributed by atoms with Crippen LogP contribution in [0.3, 0.4) is 0 Å². The minimum Gasteiger partial charge on any atom is -0.507 e. The Morgan fingerprint density at radius 3 is 2.32 bits per heavy atom. The maximum atomic E-state index is 13.3. The van der Waals surface area contributed by atoms with E-state index in [0.717, 1.165) is 25.2 Å². The molecule has 2 aliphatic rings. The highest BCUT2D eigenvalue weighted by Crippen LogP contribution is 2.42. The molecule has 1 N–H and O–H groups in total. The van der Waals surface area contributed by atoms with Crippen LogP contribution in [0.5, 0.6) is 11.5 Å². The highest BCUT2D eigenvalue weighted by Gasteiger charge is 2.46. The lowest BCUT2D eigenvalue weighted by Gasteiger charge is -2.29. The highest BCUT2D eigenvalue weighted by atomic mass is 16.5. The van der Waals surface area contributed by atoms with Crippen molar-refractivity contribution in [2.45, 2.75) is 33.2 Å². The van der Waals surface area contributed by atoms with Gasteiger partial charge in [0.1, 0.15) is 5.76 Å². The molecule has 8 nitrogen and oxygen atoms in total. The Morgan fingerprint density at radius 1 is 0.973 bits per heavy atom. The van der Waals surface area contributed by atoms with E-state index in [0.29, 0.717) is 62.0 Å². The van der Waals surface area contributed by atoms with Crippen molar-refractivity contribution in [2.24, 2.45) is 0 Å². The molecule has 198 valence electrons. The fourth-order valence-corrected chi connectivity index (χ4v) is 4.85. The average Bonchev–Trinajstić information content (AvgIpc) is 3.16. The van der Waals surface area contributed by atoms with Crippen LogP contribution in [0.1, 0.15) is 43.0 Å². The van der Waals surface area contributed by atoms with E-state index in [2.05, 4.69) is 4.90 Å². The first-order chi connectivity index (χ1) is 17.9. The fourth-order valence-electron chi connectivity index (χ4n) is 4.85. The number of morpholine rings is 1. The number of ether oxygens (including phenoxy) is 3. The fraction of sp³-hybridized carbons (Fsp3) is 0.448. The molecule has 0 radical (unpaired) electrons. The molecule has 2 heterocycles. The average molecular weight is 509 g/mol. The van der Waals surface area contributed by atoms with Crippen LogP contribution in [-0.4, -0.2) is 79.2 Å². The molecule has 2 aromatic rings. The zero-order valence-electron chi connectivity index (χ0n) is 21.9. The van der Waals surface area contributed by atoms with Gasteiger partial charge in [-0.15, -0.1) is 0 Å². The number of Topliss-reactive ketones (excluding diaryl/α,β-unsaturated/α-hetero) is 1. The number of carbonyl (C=O) groups is 2. The number of benzene rings is 2. The molecular formula is C29H36N2O6. The van der Waals surface area contributed by atoms with E-state index in [1.807, 2.05) is 45.0 Å². The molecule has 0 spiro atoms. The van der Waals surface area contributed by atoms with Crippen molar-refractivity contribution in [2.75, 3.05) is 52.6 Å². The van der Waals surface area contributed by atoms with Gasteiger partial charge >= 0.3 is 0 Å². The van der Waals surface area contributed by atoms with Gasteiger partial charge in [0.2, 0.25) is 0 Å². The van der Waals surface area contributed by atoms with Crippen LogP contribution in [-0.2, 0) is 14.3 Å². The van der Waals surface area contributed by atoms with Crippen LogP contribution in [0.2, 0.25) is 0 Å². The van der Waals surface area contributed by atoms with Crippen molar-refractivity contribution in [3.8, 4) is 11.5 Å². The summed E-state index contributed by atoms with van der Waals surface area (Å²) in [6.07, 6.45) is 0.698. The van der Waals surface area contributed by atoms with Gasteiger partial charge in [-0.2, -0.15) is 0 Å². The van der Waals surface area contributed by atoms with Crippen molar-refractivity contribution >= 4 is 17.4 Å². The number of hydrogen-bond acceptors (Lipinski definition) is 7. The molecule has 2 fully saturated rings. The molecule has 2 saturated heterocycles. The zero-order chi connectivity index (χ0) is 26.4. The van der Waals surface area contributed by atoms with E-state index >= 15 is 0 Å². The summed E-state index contributed by atoms with van der Waals surface area (Å²) in [6.45, 7) is 10.9. The number of amides is 1. The molecule has 37 heavy (non-hydrogen) atoms. The first-order valence-electron chi connectivity index (χ1n) is 13.0. The summed E-state index contributed by atoms with van der Waals surface area (Å²) in [5, 5.41) is 11.3. The van der Waals surface area contributed by atoms with E-state index in [9.17, 15) is 14.7 Å². The Morgan fingerprint density at radius 2 is 1.65 bits per heavy atom. The number of hydrogen-bond donors (Lipinski definition) is 1. The Balaban J connectivity index is 1.72. The molecule has 1 unspecified atom stereocenters. The summed E-state index contributed by atoms with van der Waals surface area (Å²) in [5.41, 5.74) is 2.31. The van der Waals surface area contributed by atoms with Crippen LogP contribution >= 0.6 is 0 Å². The van der Waals surface area contributed by atoms with Crippen LogP contribution in [0.15, 0.2) is 48.0 Å². The standard InChI is InChI=1S/C29H36N2O6/c1-4-36-23-12-11-22(19-24(23)37-5-2)26-25(27(32)21-9-7-20(3)8-10-21)28(33)29(34)31(26)14-6-13-30-15-17-35-18-16-30/h7-12,19,26,32H,4-6,13-18H2,1-3H3/b27-25-. The molecule has 4 rings (SSSR count). The van der Waals surface area contributed by atoms with Gasteiger partial charge in [0.05, 0.1) is 38.0 Å². The second-order valence-electron chi connectivity index (χ2n) is 9.24. The Bertz CT molecular complexity index is 1140. The van der Waals surface area contributed by atoms with E-state index in [4.69, 9.17) is 14.2 Å². The molecule has 0 aliphatic carbocycles. The molecule has 8 heteroatoms. The minimum atomic E-state index is -0.735. The first kappa shape index (κ1) is 26.7. The van der Waals surface area contributed by atoms with Gasteiger partial charge in [-0.3, -0.25) is 14.5 Å². The minimum absolute atomic E-state index is 0.0897. The van der Waals surface area contributed by atoms with E-state index in [1.54, 1.807) is 23.1 Å². The van der Waals surface area contributed by atoms with Gasteiger partial charge in [-0.25, -0.2) is 0 Å². The summed E-state index contributed by atoms with van der Waals surface area (Å²) in [5.74, 6) is -0.327. The molecule has 0 saturated carbocycles. The second kappa shape index (κ2) is 12.3. The highest BCUT2D eigenvalue weighted by molar-refractivity contribution is 6.46. The first-order valence-corrected chi connectivity index (χ1v) is 13.0. The molecule has 2 aliphatic heterocycles. The Hall–Kier alpha value is -3.36. The quantitative estimate of drug-likeness (QED) is 0.295. The molecule has 0 aromatic heterocycles. The number of aliphatic hydroxyl groups is 1. The van der Waals surface area contributed by atoms with E-state index in [1.165, 1.54) is 0 Å². The van der Waals surface area contributed by atoms with Gasteiger partial charge in [0.15, 0.2) is 11.5 Å². The smallest absolute Gasteiger partial charge is 0.295 e. The predicted octanol–water partition coefficient (Wildman–Crippen LogP) is 3.94. The summed E-state index contributed by atoms with van der Waals surface area (Å²) in [7, 11) is 0. The Kier molecular flexibility index (Phi) is 8.84. The second-order valence-corrected chi connectivity index (χ2v) is 9.24. The van der Waals surface area contributed by atoms with Crippen LogP contribution in [0.25, 0.3) is 5.76 Å². The molecule has 1 atom stereocenters. The van der Waals surface area contributed by atoms with Gasteiger partial charge in [-0.05, 0) is 44.9 Å². The lowest BCUT2D eigenvalue weighted by Crippen LogP contribution is -2.39. The zero-order valence-corrected chi connectivity index (χ0v) is 21.9. The number of carbonyl (C=O) groups excluding carboxylic acids is 2. The van der Waals surface area contributed by atoms with Crippen LogP contribution < -0.4 is 9.47 Å². The summed E-state index contributed by atoms with van der Waals surface area (Å²) < 4.78 is 17.0. The normalized spacial score (nSPS) is 19.9. The number of aryl methyl sites for hydroxylation is 1. The van der Waals surface area contributed by atoms with Crippen molar-refractivity contribution in [3.63, 3.8) is 0 Å². The molecule has 1 amide bonds. The summed E-state index contributed by atoms with van der Waals surface area (Å²) in [6, 6.07) is 12.0. The third-order valence-corrected chi connectivity index (χ3v) is 6.73. The lowest BCUT2D eigenvalue weighted by molar-refractivity contribution is -0.140. The maximum Gasteiger partial charge on any atom is 0.295 e. The number of rotatable bonds is 10. The van der Waals surface area contributed by atoms with Crippen LogP contribution in [0.4, 0.5) is 0 Å². The van der Waals surface area contributed by atoms with E-state index < -0.39 is 17.7 Å². The molecular weight excluding hydrogens is 472 g/mol. The third kappa shape index (κ3) is 5.97. The monoisotopic (exact) mass is 508 g/mol. The SMILES string of the molecule is CCOc1ccc(C2/C(=C(/O)c3ccc(C)cc3)C(=O)C(=O)N2CCCN2CCOCC2)cc1OCC. The summed E-state index contributed by atoms with van der Waals surface area (Å²) >= 11 is 0. The molecule has 0 bridgehead atoms. The largest absolute Gasteiger partial charge is 0.507 e. The van der Waals surface area contributed by atoms with Crippen molar-refractivity contribution in [1.82, 2.24) is 9.80 Å². The number of nitrogens with zero attached hydrogens (tertiary/aromatic N) is 2. The van der Waals surface area contributed by atoms with Gasteiger partial charge < -0.3 is 24.2 Å². The Labute approximate surface area is 218 Å². The third-order valence-electron chi connectivity index (χ3n) is 6.73. The topological polar surface area (TPSA) is 88.5 Å². The number of ketones is 1. The lowest BCUT2D eigenvalue weighted by atomic mass is 9.94. The van der Waals surface area contributed by atoms with Gasteiger partial charge in [0.25, 0.3) is 11.7 Å². The van der Waals surface area contributed by atoms with Gasteiger partial charge in [0, 0.05) is 31.7 Å².